The molecule has 2 N–H and O–H groups in total. The molecule has 1 saturated carbocycles. The molecule has 0 bridgehead atoms. The van der Waals surface area contributed by atoms with Crippen LogP contribution in [0.25, 0.3) is 0 Å². The maximum Gasteiger partial charge on any atom is 0.270 e. The van der Waals surface area contributed by atoms with Gasteiger partial charge in [0.05, 0.1) is 11.7 Å². The predicted octanol–water partition coefficient (Wildman–Crippen LogP) is 0.872. The van der Waals surface area contributed by atoms with Crippen molar-refractivity contribution in [3.63, 3.8) is 0 Å². The van der Waals surface area contributed by atoms with E-state index in [-0.39, 0.29) is 23.2 Å². The summed E-state index contributed by atoms with van der Waals surface area (Å²) in [7, 11) is 1.81. The first kappa shape index (κ1) is 13.5. The Balaban J connectivity index is 1.79. The summed E-state index contributed by atoms with van der Waals surface area (Å²) in [5.41, 5.74) is 0.760. The molecule has 1 aliphatic rings. The van der Waals surface area contributed by atoms with Crippen molar-refractivity contribution in [3.8, 4) is 0 Å². The highest BCUT2D eigenvalue weighted by molar-refractivity contribution is 5.92. The van der Waals surface area contributed by atoms with E-state index in [1.165, 1.54) is 6.07 Å². The maximum atomic E-state index is 12.3. The molecule has 0 saturated heterocycles. The largest absolute Gasteiger partial charge is 0.343 e. The molecule has 2 aromatic heterocycles. The van der Waals surface area contributed by atoms with Crippen molar-refractivity contribution in [3.05, 3.63) is 45.9 Å². The maximum absolute atomic E-state index is 12.3. The van der Waals surface area contributed by atoms with Crippen LogP contribution in [0.2, 0.25) is 0 Å². The predicted molar refractivity (Wildman–Crippen MR) is 75.9 cm³/mol. The fourth-order valence-corrected chi connectivity index (χ4v) is 2.30. The molecule has 0 radical (unpaired) electrons. The second-order valence-electron chi connectivity index (χ2n) is 5.36. The first-order valence-electron chi connectivity index (χ1n) is 6.94. The molecule has 110 valence electrons. The first-order chi connectivity index (χ1) is 10.0. The summed E-state index contributed by atoms with van der Waals surface area (Å²) in [6.07, 6.45) is 3.70. The fourth-order valence-electron chi connectivity index (χ4n) is 2.30. The van der Waals surface area contributed by atoms with Gasteiger partial charge in [-0.25, -0.2) is 4.98 Å². The Morgan fingerprint density at radius 2 is 2.29 bits per heavy atom. The average Bonchev–Trinajstić information content (AvgIpc) is 3.20. The van der Waals surface area contributed by atoms with E-state index in [1.807, 2.05) is 20.0 Å². The van der Waals surface area contributed by atoms with Gasteiger partial charge in [-0.1, -0.05) is 0 Å². The Morgan fingerprint density at radius 1 is 1.52 bits per heavy atom. The number of hydrogen-bond donors (Lipinski definition) is 2. The lowest BCUT2D eigenvalue weighted by molar-refractivity contribution is 0.0933. The number of nitrogens with zero attached hydrogens (tertiary/aromatic N) is 3. The van der Waals surface area contributed by atoms with Gasteiger partial charge in [-0.15, -0.1) is 0 Å². The van der Waals surface area contributed by atoms with Crippen LogP contribution in [-0.4, -0.2) is 25.7 Å². The van der Waals surface area contributed by atoms with Gasteiger partial charge in [0.2, 0.25) is 0 Å². The molecule has 3 rings (SSSR count). The van der Waals surface area contributed by atoms with E-state index in [1.54, 1.807) is 10.9 Å². The minimum absolute atomic E-state index is 0.162. The summed E-state index contributed by atoms with van der Waals surface area (Å²) in [5, 5.41) is 6.91. The van der Waals surface area contributed by atoms with Gasteiger partial charge in [0.1, 0.15) is 11.5 Å². The Bertz CT molecular complexity index is 729. The van der Waals surface area contributed by atoms with Gasteiger partial charge in [0.15, 0.2) is 0 Å². The van der Waals surface area contributed by atoms with E-state index in [4.69, 9.17) is 0 Å². The van der Waals surface area contributed by atoms with Crippen LogP contribution >= 0.6 is 0 Å². The molecule has 1 amide bonds. The number of rotatable bonds is 4. The quantitative estimate of drug-likeness (QED) is 0.872. The monoisotopic (exact) mass is 287 g/mol. The molecule has 2 aromatic rings. The van der Waals surface area contributed by atoms with Gasteiger partial charge in [0.25, 0.3) is 11.5 Å². The van der Waals surface area contributed by atoms with Crippen molar-refractivity contribution in [1.29, 1.82) is 0 Å². The van der Waals surface area contributed by atoms with Crippen molar-refractivity contribution < 1.29 is 4.79 Å². The molecular weight excluding hydrogens is 270 g/mol. The number of amides is 1. The first-order valence-corrected chi connectivity index (χ1v) is 6.94. The van der Waals surface area contributed by atoms with Gasteiger partial charge in [-0.05, 0) is 25.8 Å². The van der Waals surface area contributed by atoms with Crippen LogP contribution in [-0.2, 0) is 7.05 Å². The summed E-state index contributed by atoms with van der Waals surface area (Å²) < 4.78 is 1.70. The van der Waals surface area contributed by atoms with Crippen LogP contribution in [0.3, 0.4) is 0 Å². The van der Waals surface area contributed by atoms with Gasteiger partial charge < -0.3 is 10.3 Å². The third kappa shape index (κ3) is 2.86. The molecule has 21 heavy (non-hydrogen) atoms. The van der Waals surface area contributed by atoms with Crippen LogP contribution in [0.5, 0.6) is 0 Å². The molecule has 7 heteroatoms. The standard InChI is InChI=1S/C14H17N5O2/c1-8(11-5-6-15-19(11)2)16-14(21)10-7-12(20)18-13(17-10)9-3-4-9/h5-9H,3-4H2,1-2H3,(H,16,21)(H,17,18,20). The molecule has 1 fully saturated rings. The summed E-state index contributed by atoms with van der Waals surface area (Å²) in [6, 6.07) is 2.86. The van der Waals surface area contributed by atoms with Crippen LogP contribution in [0.1, 0.15) is 53.7 Å². The molecule has 0 aliphatic heterocycles. The number of carbonyl (C=O) groups excluding carboxylic acids is 1. The van der Waals surface area contributed by atoms with E-state index >= 15 is 0 Å². The third-order valence-electron chi connectivity index (χ3n) is 3.61. The van der Waals surface area contributed by atoms with Crippen molar-refractivity contribution in [2.75, 3.05) is 0 Å². The molecule has 0 aromatic carbocycles. The number of H-pyrrole nitrogens is 1. The minimum Gasteiger partial charge on any atom is -0.343 e. The Kier molecular flexibility index (Phi) is 3.32. The van der Waals surface area contributed by atoms with Crippen LogP contribution in [0, 0.1) is 0 Å². The van der Waals surface area contributed by atoms with Crippen molar-refractivity contribution in [2.45, 2.75) is 31.7 Å². The van der Waals surface area contributed by atoms with Gasteiger partial charge in [0, 0.05) is 25.2 Å². The van der Waals surface area contributed by atoms with E-state index in [0.29, 0.717) is 11.7 Å². The summed E-state index contributed by atoms with van der Waals surface area (Å²) in [5.74, 6) is 0.553. The number of aromatic amines is 1. The smallest absolute Gasteiger partial charge is 0.270 e. The zero-order chi connectivity index (χ0) is 15.0. The van der Waals surface area contributed by atoms with Crippen LogP contribution in [0.15, 0.2) is 23.1 Å². The Hall–Kier alpha value is -2.44. The van der Waals surface area contributed by atoms with E-state index in [0.717, 1.165) is 18.5 Å². The van der Waals surface area contributed by atoms with Crippen LogP contribution < -0.4 is 10.9 Å². The zero-order valence-corrected chi connectivity index (χ0v) is 12.0. The molecule has 2 heterocycles. The molecule has 1 atom stereocenters. The van der Waals surface area contributed by atoms with E-state index in [2.05, 4.69) is 20.4 Å². The third-order valence-corrected chi connectivity index (χ3v) is 3.61. The topological polar surface area (TPSA) is 92.7 Å². The number of hydrogen-bond acceptors (Lipinski definition) is 4. The molecule has 1 aliphatic carbocycles. The number of carbonyl (C=O) groups is 1. The fraction of sp³-hybridized carbons (Fsp3) is 0.429. The highest BCUT2D eigenvalue weighted by Gasteiger charge is 2.27. The van der Waals surface area contributed by atoms with E-state index < -0.39 is 0 Å². The van der Waals surface area contributed by atoms with Crippen molar-refractivity contribution in [1.82, 2.24) is 25.1 Å². The lowest BCUT2D eigenvalue weighted by atomic mass is 10.2. The van der Waals surface area contributed by atoms with Gasteiger partial charge >= 0.3 is 0 Å². The van der Waals surface area contributed by atoms with Gasteiger partial charge in [-0.2, -0.15) is 5.10 Å². The lowest BCUT2D eigenvalue weighted by Gasteiger charge is -2.14. The van der Waals surface area contributed by atoms with Crippen molar-refractivity contribution in [2.24, 2.45) is 7.05 Å². The lowest BCUT2D eigenvalue weighted by Crippen LogP contribution is -2.30. The summed E-state index contributed by atoms with van der Waals surface area (Å²) >= 11 is 0. The molecule has 7 nitrogen and oxygen atoms in total. The molecule has 1 unspecified atom stereocenters. The minimum atomic E-state index is -0.350. The number of aromatic nitrogens is 4. The van der Waals surface area contributed by atoms with Gasteiger partial charge in [-0.3, -0.25) is 14.3 Å². The van der Waals surface area contributed by atoms with Crippen molar-refractivity contribution >= 4 is 5.91 Å². The van der Waals surface area contributed by atoms with Crippen LogP contribution in [0.4, 0.5) is 0 Å². The Labute approximate surface area is 121 Å². The summed E-state index contributed by atoms with van der Waals surface area (Å²) in [4.78, 5) is 30.8. The average molecular weight is 287 g/mol. The highest BCUT2D eigenvalue weighted by atomic mass is 16.2. The summed E-state index contributed by atoms with van der Waals surface area (Å²) in [6.45, 7) is 1.86. The normalized spacial score (nSPS) is 15.7. The second-order valence-corrected chi connectivity index (χ2v) is 5.36. The number of nitrogens with one attached hydrogen (secondary N) is 2. The zero-order valence-electron chi connectivity index (χ0n) is 12.0. The molecule has 0 spiro atoms. The highest BCUT2D eigenvalue weighted by Crippen LogP contribution is 2.37. The SMILES string of the molecule is CC(NC(=O)c1cc(=O)[nH]c(C2CC2)n1)c1ccnn1C. The number of aryl methyl sites for hydroxylation is 1. The van der Waals surface area contributed by atoms with E-state index in [9.17, 15) is 9.59 Å². The second kappa shape index (κ2) is 5.16. The molecular formula is C14H17N5O2. The Morgan fingerprint density at radius 3 is 2.90 bits per heavy atom.